The Bertz CT molecular complexity index is 852. The third-order valence-electron chi connectivity index (χ3n) is 4.17. The van der Waals surface area contributed by atoms with Crippen LogP contribution in [0.2, 0.25) is 0 Å². The third kappa shape index (κ3) is 3.36. The van der Waals surface area contributed by atoms with Crippen molar-refractivity contribution in [2.24, 2.45) is 5.92 Å². The van der Waals surface area contributed by atoms with Gasteiger partial charge in [0.2, 0.25) is 5.91 Å². The van der Waals surface area contributed by atoms with Crippen molar-refractivity contribution in [1.82, 2.24) is 4.98 Å². The maximum absolute atomic E-state index is 12.8. The molecule has 4 rings (SSSR count). The van der Waals surface area contributed by atoms with Gasteiger partial charge in [0.1, 0.15) is 0 Å². The molecule has 0 radical (unpaired) electrons. The summed E-state index contributed by atoms with van der Waals surface area (Å²) in [4.78, 5) is 22.0. The van der Waals surface area contributed by atoms with Gasteiger partial charge in [0, 0.05) is 22.2 Å². The first-order chi connectivity index (χ1) is 11.7. The number of hydrogen-bond donors (Lipinski definition) is 0. The van der Waals surface area contributed by atoms with E-state index in [4.69, 9.17) is 4.98 Å². The first kappa shape index (κ1) is 16.1. The number of rotatable bonds is 6. The van der Waals surface area contributed by atoms with Crippen LogP contribution >= 0.6 is 34.4 Å². The van der Waals surface area contributed by atoms with Crippen LogP contribution in [0.15, 0.2) is 40.6 Å². The van der Waals surface area contributed by atoms with Crippen LogP contribution in [0.4, 0.5) is 5.13 Å². The van der Waals surface area contributed by atoms with Crippen molar-refractivity contribution in [3.8, 4) is 0 Å². The lowest BCUT2D eigenvalue weighted by Crippen LogP contribution is -2.33. The average molecular weight is 375 g/mol. The molecule has 0 N–H and O–H groups in total. The molecule has 1 amide bonds. The molecule has 3 nitrogen and oxygen atoms in total. The Balaban J connectivity index is 1.62. The van der Waals surface area contributed by atoms with Crippen LogP contribution in [0.1, 0.15) is 17.7 Å². The number of aromatic nitrogens is 1. The number of thioether (sulfide) groups is 1. The molecule has 0 saturated heterocycles. The molecule has 124 valence electrons. The normalized spacial score (nSPS) is 14.2. The fourth-order valence-electron chi connectivity index (χ4n) is 2.66. The molecule has 24 heavy (non-hydrogen) atoms. The summed E-state index contributed by atoms with van der Waals surface area (Å²) in [6.07, 6.45) is 5.01. The van der Waals surface area contributed by atoms with Gasteiger partial charge < -0.3 is 0 Å². The smallest absolute Gasteiger partial charge is 0.231 e. The summed E-state index contributed by atoms with van der Waals surface area (Å²) in [7, 11) is 0. The van der Waals surface area contributed by atoms with Crippen LogP contribution in [0.25, 0.3) is 10.2 Å². The van der Waals surface area contributed by atoms with Crippen LogP contribution < -0.4 is 4.90 Å². The summed E-state index contributed by atoms with van der Waals surface area (Å²) < 4.78 is 1.15. The van der Waals surface area contributed by atoms with E-state index in [0.717, 1.165) is 34.6 Å². The second-order valence-corrected chi connectivity index (χ2v) is 8.84. The van der Waals surface area contributed by atoms with Gasteiger partial charge in [-0.25, -0.2) is 4.98 Å². The van der Waals surface area contributed by atoms with Crippen molar-refractivity contribution in [3.05, 3.63) is 40.6 Å². The van der Waals surface area contributed by atoms with Crippen LogP contribution in [-0.4, -0.2) is 23.7 Å². The molecule has 3 aromatic rings. The van der Waals surface area contributed by atoms with E-state index in [1.54, 1.807) is 34.4 Å². The second-order valence-electron chi connectivity index (χ2n) is 5.92. The van der Waals surface area contributed by atoms with Crippen molar-refractivity contribution in [2.75, 3.05) is 17.7 Å². The SMILES string of the molecule is CSc1ccc2nc(N(CCc3cccs3)C(=O)C3CC3)sc2c1. The summed E-state index contributed by atoms with van der Waals surface area (Å²) in [6.45, 7) is 0.713. The molecule has 2 heterocycles. The van der Waals surface area contributed by atoms with E-state index in [1.807, 2.05) is 4.90 Å². The highest BCUT2D eigenvalue weighted by molar-refractivity contribution is 7.98. The number of anilines is 1. The average Bonchev–Trinajstić information content (AvgIpc) is 3.16. The van der Waals surface area contributed by atoms with Crippen molar-refractivity contribution in [3.63, 3.8) is 0 Å². The number of nitrogens with zero attached hydrogens (tertiary/aromatic N) is 2. The molecule has 0 aliphatic heterocycles. The number of hydrogen-bond acceptors (Lipinski definition) is 5. The summed E-state index contributed by atoms with van der Waals surface area (Å²) in [5.74, 6) is 0.456. The first-order valence-electron chi connectivity index (χ1n) is 8.03. The van der Waals surface area contributed by atoms with Crippen molar-refractivity contribution >= 4 is 55.7 Å². The van der Waals surface area contributed by atoms with Gasteiger partial charge in [0.15, 0.2) is 5.13 Å². The van der Waals surface area contributed by atoms with Gasteiger partial charge in [-0.05, 0) is 55.2 Å². The quantitative estimate of drug-likeness (QED) is 0.565. The number of carbonyl (C=O) groups is 1. The number of thiazole rings is 1. The monoisotopic (exact) mass is 374 g/mol. The Kier molecular flexibility index (Phi) is 4.61. The summed E-state index contributed by atoms with van der Waals surface area (Å²) >= 11 is 5.11. The first-order valence-corrected chi connectivity index (χ1v) is 10.9. The molecule has 0 atom stereocenters. The molecule has 1 aliphatic carbocycles. The zero-order chi connectivity index (χ0) is 16.5. The molecule has 0 unspecified atom stereocenters. The molecule has 1 fully saturated rings. The van der Waals surface area contributed by atoms with E-state index in [-0.39, 0.29) is 11.8 Å². The summed E-state index contributed by atoms with van der Waals surface area (Å²) in [5, 5.41) is 2.93. The third-order valence-corrected chi connectivity index (χ3v) is 6.87. The minimum atomic E-state index is 0.210. The molecule has 1 aromatic carbocycles. The van der Waals surface area contributed by atoms with E-state index < -0.39 is 0 Å². The van der Waals surface area contributed by atoms with Crippen molar-refractivity contribution < 1.29 is 4.79 Å². The number of carbonyl (C=O) groups excluding carboxylic acids is 1. The highest BCUT2D eigenvalue weighted by Crippen LogP contribution is 2.36. The lowest BCUT2D eigenvalue weighted by atomic mass is 10.3. The number of benzene rings is 1. The van der Waals surface area contributed by atoms with Crippen LogP contribution in [0, 0.1) is 5.92 Å². The van der Waals surface area contributed by atoms with E-state index in [0.29, 0.717) is 6.54 Å². The van der Waals surface area contributed by atoms with E-state index >= 15 is 0 Å². The molecule has 0 bridgehead atoms. The van der Waals surface area contributed by atoms with Crippen LogP contribution in [0.3, 0.4) is 0 Å². The van der Waals surface area contributed by atoms with Gasteiger partial charge in [0.25, 0.3) is 0 Å². The fraction of sp³-hybridized carbons (Fsp3) is 0.333. The molecule has 1 aliphatic rings. The molecule has 6 heteroatoms. The number of thiophene rings is 1. The summed E-state index contributed by atoms with van der Waals surface area (Å²) in [6, 6.07) is 10.5. The maximum Gasteiger partial charge on any atom is 0.231 e. The predicted molar refractivity (Wildman–Crippen MR) is 105 cm³/mol. The van der Waals surface area contributed by atoms with Crippen molar-refractivity contribution in [2.45, 2.75) is 24.2 Å². The Morgan fingerprint density at radius 2 is 2.25 bits per heavy atom. The number of fused-ring (bicyclic) bond motifs is 1. The molecule has 0 spiro atoms. The Labute approximate surface area is 153 Å². The van der Waals surface area contributed by atoms with Gasteiger partial charge in [-0.3, -0.25) is 9.69 Å². The Morgan fingerprint density at radius 3 is 2.96 bits per heavy atom. The Morgan fingerprint density at radius 1 is 1.38 bits per heavy atom. The van der Waals surface area contributed by atoms with Gasteiger partial charge in [0.05, 0.1) is 10.2 Å². The molecule has 2 aromatic heterocycles. The predicted octanol–water partition coefficient (Wildman–Crippen LogP) is 5.07. The lowest BCUT2D eigenvalue weighted by molar-refractivity contribution is -0.119. The topological polar surface area (TPSA) is 33.2 Å². The fourth-order valence-corrected chi connectivity index (χ4v) is 4.91. The van der Waals surface area contributed by atoms with E-state index in [9.17, 15) is 4.79 Å². The van der Waals surface area contributed by atoms with E-state index in [2.05, 4.69) is 42.0 Å². The minimum absolute atomic E-state index is 0.210. The number of amides is 1. The zero-order valence-corrected chi connectivity index (χ0v) is 15.8. The van der Waals surface area contributed by atoms with Gasteiger partial charge in [-0.1, -0.05) is 17.4 Å². The van der Waals surface area contributed by atoms with Gasteiger partial charge >= 0.3 is 0 Å². The highest BCUT2D eigenvalue weighted by atomic mass is 32.2. The zero-order valence-electron chi connectivity index (χ0n) is 13.4. The Hall–Kier alpha value is -1.37. The minimum Gasteiger partial charge on any atom is -0.287 e. The largest absolute Gasteiger partial charge is 0.287 e. The van der Waals surface area contributed by atoms with Gasteiger partial charge in [-0.15, -0.1) is 23.1 Å². The molecular weight excluding hydrogens is 356 g/mol. The maximum atomic E-state index is 12.8. The van der Waals surface area contributed by atoms with Gasteiger partial charge in [-0.2, -0.15) is 0 Å². The van der Waals surface area contributed by atoms with Crippen molar-refractivity contribution in [1.29, 1.82) is 0 Å². The molecular formula is C18H18N2OS3. The standard InChI is InChI=1S/C18H18N2OS3/c1-22-14-6-7-15-16(11-14)24-18(19-15)20(17(21)12-4-5-12)9-8-13-3-2-10-23-13/h2-3,6-7,10-12H,4-5,8-9H2,1H3. The van der Waals surface area contributed by atoms with Crippen LogP contribution in [0.5, 0.6) is 0 Å². The second kappa shape index (κ2) is 6.86. The molecule has 1 saturated carbocycles. The summed E-state index contributed by atoms with van der Waals surface area (Å²) in [5.41, 5.74) is 0.984. The highest BCUT2D eigenvalue weighted by Gasteiger charge is 2.35. The lowest BCUT2D eigenvalue weighted by Gasteiger charge is -2.19. The van der Waals surface area contributed by atoms with Crippen LogP contribution in [-0.2, 0) is 11.2 Å². The van der Waals surface area contributed by atoms with E-state index in [1.165, 1.54) is 9.77 Å².